The summed E-state index contributed by atoms with van der Waals surface area (Å²) < 4.78 is 5.48. The second-order valence-electron chi connectivity index (χ2n) is 4.43. The van der Waals surface area contributed by atoms with Crippen molar-refractivity contribution in [2.45, 2.75) is 32.3 Å². The summed E-state index contributed by atoms with van der Waals surface area (Å²) in [6.45, 7) is 3.57. The van der Waals surface area contributed by atoms with Crippen molar-refractivity contribution in [1.29, 1.82) is 0 Å². The van der Waals surface area contributed by atoms with Crippen LogP contribution in [0.5, 0.6) is 0 Å². The molecule has 1 aromatic carbocycles. The number of nitrogens with one attached hydrogen (secondary N) is 1. The van der Waals surface area contributed by atoms with E-state index < -0.39 is 6.29 Å². The fraction of sp³-hybridized carbons (Fsp3) is 0.538. The second kappa shape index (κ2) is 5.43. The zero-order valence-corrected chi connectivity index (χ0v) is 9.60. The summed E-state index contributed by atoms with van der Waals surface area (Å²) in [6.07, 6.45) is 0.397. The van der Waals surface area contributed by atoms with Gasteiger partial charge in [-0.3, -0.25) is 0 Å². The molecule has 3 nitrogen and oxygen atoms in total. The van der Waals surface area contributed by atoms with Crippen LogP contribution in [0, 0.1) is 5.92 Å². The summed E-state index contributed by atoms with van der Waals surface area (Å²) in [5.74, 6) is 0.478. The zero-order valence-electron chi connectivity index (χ0n) is 9.60. The van der Waals surface area contributed by atoms with E-state index in [1.807, 2.05) is 30.3 Å². The van der Waals surface area contributed by atoms with Gasteiger partial charge in [0.05, 0.1) is 12.6 Å². The minimum Gasteiger partial charge on any atom is -0.367 e. The molecule has 88 valence electrons. The SMILES string of the molecule is CC1CCNC1C(O)OCc1ccccc1. The fourth-order valence-electron chi connectivity index (χ4n) is 2.10. The molecule has 0 amide bonds. The average molecular weight is 221 g/mol. The minimum absolute atomic E-state index is 0.0729. The number of rotatable bonds is 4. The van der Waals surface area contributed by atoms with Crippen LogP contribution in [0.4, 0.5) is 0 Å². The molecular formula is C13H19NO2. The number of aliphatic hydroxyl groups excluding tert-OH is 1. The van der Waals surface area contributed by atoms with Crippen LogP contribution in [0.3, 0.4) is 0 Å². The Morgan fingerprint density at radius 1 is 1.44 bits per heavy atom. The normalized spacial score (nSPS) is 26.9. The molecule has 3 heteroatoms. The van der Waals surface area contributed by atoms with Gasteiger partial charge in [-0.05, 0) is 24.4 Å². The first-order chi connectivity index (χ1) is 7.77. The van der Waals surface area contributed by atoms with Gasteiger partial charge in [-0.25, -0.2) is 0 Å². The highest BCUT2D eigenvalue weighted by Gasteiger charge is 2.29. The number of ether oxygens (including phenoxy) is 1. The Morgan fingerprint density at radius 2 is 2.19 bits per heavy atom. The lowest BCUT2D eigenvalue weighted by atomic mass is 10.0. The Hall–Kier alpha value is -0.900. The molecule has 1 aliphatic heterocycles. The molecule has 3 unspecified atom stereocenters. The standard InChI is InChI=1S/C13H19NO2/c1-10-7-8-14-12(10)13(15)16-9-11-5-3-2-4-6-11/h2-6,10,12-15H,7-9H2,1H3. The first kappa shape index (κ1) is 11.6. The molecule has 1 aliphatic rings. The minimum atomic E-state index is -0.710. The van der Waals surface area contributed by atoms with E-state index in [4.69, 9.17) is 4.74 Å². The summed E-state index contributed by atoms with van der Waals surface area (Å²) >= 11 is 0. The van der Waals surface area contributed by atoms with E-state index in [0.29, 0.717) is 12.5 Å². The highest BCUT2D eigenvalue weighted by molar-refractivity contribution is 5.13. The van der Waals surface area contributed by atoms with Crippen molar-refractivity contribution in [2.24, 2.45) is 5.92 Å². The maximum absolute atomic E-state index is 9.90. The third kappa shape index (κ3) is 2.82. The highest BCUT2D eigenvalue weighted by atomic mass is 16.6. The Morgan fingerprint density at radius 3 is 2.81 bits per heavy atom. The lowest BCUT2D eigenvalue weighted by Gasteiger charge is -2.22. The van der Waals surface area contributed by atoms with E-state index in [1.54, 1.807) is 0 Å². The zero-order chi connectivity index (χ0) is 11.4. The highest BCUT2D eigenvalue weighted by Crippen LogP contribution is 2.18. The van der Waals surface area contributed by atoms with Crippen LogP contribution in [-0.4, -0.2) is 24.0 Å². The van der Waals surface area contributed by atoms with Crippen molar-refractivity contribution >= 4 is 0 Å². The maximum Gasteiger partial charge on any atom is 0.170 e. The molecular weight excluding hydrogens is 202 g/mol. The predicted octanol–water partition coefficient (Wildman–Crippen LogP) is 1.52. The Balaban J connectivity index is 1.81. The van der Waals surface area contributed by atoms with Crippen molar-refractivity contribution in [3.8, 4) is 0 Å². The van der Waals surface area contributed by atoms with E-state index in [2.05, 4.69) is 12.2 Å². The third-order valence-electron chi connectivity index (χ3n) is 3.16. The topological polar surface area (TPSA) is 41.5 Å². The molecule has 1 aromatic rings. The van der Waals surface area contributed by atoms with Gasteiger partial charge >= 0.3 is 0 Å². The number of aliphatic hydroxyl groups is 1. The van der Waals surface area contributed by atoms with Crippen LogP contribution in [0.25, 0.3) is 0 Å². The molecule has 0 bridgehead atoms. The van der Waals surface area contributed by atoms with Crippen LogP contribution in [0.1, 0.15) is 18.9 Å². The van der Waals surface area contributed by atoms with E-state index in [0.717, 1.165) is 18.5 Å². The molecule has 2 rings (SSSR count). The number of hydrogen-bond acceptors (Lipinski definition) is 3. The first-order valence-electron chi connectivity index (χ1n) is 5.84. The van der Waals surface area contributed by atoms with Crippen LogP contribution in [0.15, 0.2) is 30.3 Å². The average Bonchev–Trinajstić information content (AvgIpc) is 2.74. The number of benzene rings is 1. The van der Waals surface area contributed by atoms with Gasteiger partial charge in [-0.15, -0.1) is 0 Å². The smallest absolute Gasteiger partial charge is 0.170 e. The lowest BCUT2D eigenvalue weighted by molar-refractivity contribution is -0.131. The number of hydrogen-bond donors (Lipinski definition) is 2. The van der Waals surface area contributed by atoms with Crippen molar-refractivity contribution in [2.75, 3.05) is 6.54 Å². The van der Waals surface area contributed by atoms with Crippen molar-refractivity contribution < 1.29 is 9.84 Å². The quantitative estimate of drug-likeness (QED) is 0.757. The monoisotopic (exact) mass is 221 g/mol. The summed E-state index contributed by atoms with van der Waals surface area (Å²) in [7, 11) is 0. The van der Waals surface area contributed by atoms with E-state index in [9.17, 15) is 5.11 Å². The van der Waals surface area contributed by atoms with Crippen LogP contribution in [-0.2, 0) is 11.3 Å². The molecule has 1 heterocycles. The van der Waals surface area contributed by atoms with Gasteiger partial charge in [-0.1, -0.05) is 37.3 Å². The molecule has 1 saturated heterocycles. The Labute approximate surface area is 96.4 Å². The van der Waals surface area contributed by atoms with Crippen molar-refractivity contribution in [3.63, 3.8) is 0 Å². The fourth-order valence-corrected chi connectivity index (χ4v) is 2.10. The summed E-state index contributed by atoms with van der Waals surface area (Å²) in [4.78, 5) is 0. The van der Waals surface area contributed by atoms with Gasteiger partial charge < -0.3 is 15.2 Å². The molecule has 1 fully saturated rings. The molecule has 16 heavy (non-hydrogen) atoms. The van der Waals surface area contributed by atoms with E-state index >= 15 is 0 Å². The van der Waals surface area contributed by atoms with Gasteiger partial charge in [0, 0.05) is 0 Å². The molecule has 0 aromatic heterocycles. The first-order valence-corrected chi connectivity index (χ1v) is 5.84. The molecule has 0 saturated carbocycles. The Kier molecular flexibility index (Phi) is 3.93. The summed E-state index contributed by atoms with van der Waals surface area (Å²) in [5.41, 5.74) is 1.09. The van der Waals surface area contributed by atoms with E-state index in [1.165, 1.54) is 0 Å². The third-order valence-corrected chi connectivity index (χ3v) is 3.16. The molecule has 0 spiro atoms. The molecule has 0 aliphatic carbocycles. The van der Waals surface area contributed by atoms with E-state index in [-0.39, 0.29) is 6.04 Å². The van der Waals surface area contributed by atoms with Crippen LogP contribution >= 0.6 is 0 Å². The second-order valence-corrected chi connectivity index (χ2v) is 4.43. The molecule has 2 N–H and O–H groups in total. The van der Waals surface area contributed by atoms with Crippen molar-refractivity contribution in [3.05, 3.63) is 35.9 Å². The van der Waals surface area contributed by atoms with Crippen LogP contribution in [0.2, 0.25) is 0 Å². The summed E-state index contributed by atoms with van der Waals surface area (Å²) in [5, 5.41) is 13.2. The Bertz CT molecular complexity index is 315. The van der Waals surface area contributed by atoms with Gasteiger partial charge in [-0.2, -0.15) is 0 Å². The van der Waals surface area contributed by atoms with Gasteiger partial charge in [0.1, 0.15) is 0 Å². The van der Waals surface area contributed by atoms with Crippen molar-refractivity contribution in [1.82, 2.24) is 5.32 Å². The molecule has 3 atom stereocenters. The summed E-state index contributed by atoms with van der Waals surface area (Å²) in [6, 6.07) is 9.99. The maximum atomic E-state index is 9.90. The lowest BCUT2D eigenvalue weighted by Crippen LogP contribution is -2.39. The van der Waals surface area contributed by atoms with Gasteiger partial charge in [0.15, 0.2) is 6.29 Å². The predicted molar refractivity (Wildman–Crippen MR) is 62.8 cm³/mol. The van der Waals surface area contributed by atoms with Gasteiger partial charge in [0.25, 0.3) is 0 Å². The molecule has 0 radical (unpaired) electrons. The van der Waals surface area contributed by atoms with Crippen LogP contribution < -0.4 is 5.32 Å². The largest absolute Gasteiger partial charge is 0.367 e. The van der Waals surface area contributed by atoms with Gasteiger partial charge in [0.2, 0.25) is 0 Å².